The minimum Gasteiger partial charge on any atom is -0.496 e. The van der Waals surface area contributed by atoms with E-state index in [2.05, 4.69) is 10.3 Å². The van der Waals surface area contributed by atoms with Gasteiger partial charge in [0.2, 0.25) is 5.91 Å². The van der Waals surface area contributed by atoms with Crippen LogP contribution in [0.15, 0.2) is 51.8 Å². The van der Waals surface area contributed by atoms with Crippen molar-refractivity contribution in [1.29, 1.82) is 0 Å². The number of aryl methyl sites for hydroxylation is 2. The summed E-state index contributed by atoms with van der Waals surface area (Å²) in [6, 6.07) is 10.1. The molecule has 0 saturated heterocycles. The van der Waals surface area contributed by atoms with E-state index in [-0.39, 0.29) is 19.3 Å². The lowest BCUT2D eigenvalue weighted by atomic mass is 10.00. The Hall–Kier alpha value is -4.07. The zero-order valence-corrected chi connectivity index (χ0v) is 19.2. The van der Waals surface area contributed by atoms with Gasteiger partial charge < -0.3 is 24.6 Å². The number of carboxylic acids is 1. The van der Waals surface area contributed by atoms with Crippen LogP contribution in [0.2, 0.25) is 0 Å². The number of nitrogens with one attached hydrogen (secondary N) is 2. The quantitative estimate of drug-likeness (QED) is 0.344. The summed E-state index contributed by atoms with van der Waals surface area (Å²) in [5.41, 5.74) is 3.52. The van der Waals surface area contributed by atoms with Crippen molar-refractivity contribution in [2.45, 2.75) is 39.2 Å². The van der Waals surface area contributed by atoms with Crippen molar-refractivity contribution in [2.75, 3.05) is 7.11 Å². The highest BCUT2D eigenvalue weighted by atomic mass is 16.5. The van der Waals surface area contributed by atoms with E-state index in [0.717, 1.165) is 33.0 Å². The minimum absolute atomic E-state index is 0.0378. The summed E-state index contributed by atoms with van der Waals surface area (Å²) in [6.45, 7) is 3.63. The maximum atomic E-state index is 12.6. The van der Waals surface area contributed by atoms with Crippen LogP contribution in [0.5, 0.6) is 5.75 Å². The van der Waals surface area contributed by atoms with Crippen molar-refractivity contribution in [3.05, 3.63) is 75.3 Å². The molecule has 4 rings (SSSR count). The van der Waals surface area contributed by atoms with Gasteiger partial charge in [-0.2, -0.15) is 0 Å². The molecular formula is C26H26N2O6. The molecule has 176 valence electrons. The summed E-state index contributed by atoms with van der Waals surface area (Å²) >= 11 is 0. The van der Waals surface area contributed by atoms with Crippen LogP contribution in [0.1, 0.15) is 28.7 Å². The SMILES string of the molecule is COc1ccc2c(C)c(CCC(=O)N[C@@H](Cc3c[nH]c4ccccc34)C(=O)O)c(=O)oc2c1C. The van der Waals surface area contributed by atoms with Crippen LogP contribution < -0.4 is 15.7 Å². The van der Waals surface area contributed by atoms with Gasteiger partial charge in [0.05, 0.1) is 7.11 Å². The van der Waals surface area contributed by atoms with Crippen LogP contribution in [0, 0.1) is 13.8 Å². The molecule has 0 saturated carbocycles. The zero-order chi connectivity index (χ0) is 24.4. The third-order valence-corrected chi connectivity index (χ3v) is 6.21. The highest BCUT2D eigenvalue weighted by Gasteiger charge is 2.23. The normalized spacial score (nSPS) is 12.1. The van der Waals surface area contributed by atoms with Crippen LogP contribution in [0.4, 0.5) is 0 Å². The van der Waals surface area contributed by atoms with E-state index in [0.29, 0.717) is 16.9 Å². The van der Waals surface area contributed by atoms with Crippen LogP contribution in [-0.2, 0) is 22.4 Å². The fourth-order valence-electron chi connectivity index (χ4n) is 4.31. The van der Waals surface area contributed by atoms with E-state index in [1.165, 1.54) is 0 Å². The zero-order valence-electron chi connectivity index (χ0n) is 19.2. The molecule has 2 aromatic carbocycles. The smallest absolute Gasteiger partial charge is 0.339 e. The molecule has 0 fully saturated rings. The monoisotopic (exact) mass is 462 g/mol. The number of carboxylic acid groups (broad SMARTS) is 1. The first-order valence-electron chi connectivity index (χ1n) is 11.0. The molecule has 0 aliphatic rings. The molecule has 8 nitrogen and oxygen atoms in total. The molecule has 0 bridgehead atoms. The number of benzene rings is 2. The maximum Gasteiger partial charge on any atom is 0.339 e. The Labute approximate surface area is 195 Å². The number of aromatic nitrogens is 1. The van der Waals surface area contributed by atoms with Crippen molar-refractivity contribution in [3.8, 4) is 5.75 Å². The first-order valence-corrected chi connectivity index (χ1v) is 11.0. The van der Waals surface area contributed by atoms with Gasteiger partial charge in [-0.1, -0.05) is 18.2 Å². The third kappa shape index (κ3) is 4.39. The number of aliphatic carboxylic acids is 1. The Kier molecular flexibility index (Phi) is 6.40. The van der Waals surface area contributed by atoms with Crippen molar-refractivity contribution in [3.63, 3.8) is 0 Å². The average Bonchev–Trinajstić information content (AvgIpc) is 3.22. The lowest BCUT2D eigenvalue weighted by Crippen LogP contribution is -2.42. The van der Waals surface area contributed by atoms with Crippen LogP contribution in [0.3, 0.4) is 0 Å². The summed E-state index contributed by atoms with van der Waals surface area (Å²) in [6.07, 6.45) is 2.00. The second-order valence-corrected chi connectivity index (χ2v) is 8.28. The number of H-pyrrole nitrogens is 1. The number of carbonyl (C=O) groups excluding carboxylic acids is 1. The number of hydrogen-bond donors (Lipinski definition) is 3. The Balaban J connectivity index is 1.49. The van der Waals surface area contributed by atoms with Gasteiger partial charge >= 0.3 is 11.6 Å². The lowest BCUT2D eigenvalue weighted by molar-refractivity contribution is -0.141. The summed E-state index contributed by atoms with van der Waals surface area (Å²) in [5.74, 6) is -0.946. The molecule has 1 atom stereocenters. The molecule has 1 amide bonds. The average molecular weight is 463 g/mol. The van der Waals surface area contributed by atoms with E-state index in [9.17, 15) is 19.5 Å². The van der Waals surface area contributed by atoms with Crippen molar-refractivity contribution < 1.29 is 23.8 Å². The molecule has 34 heavy (non-hydrogen) atoms. The molecule has 0 spiro atoms. The van der Waals surface area contributed by atoms with E-state index in [4.69, 9.17) is 9.15 Å². The highest BCUT2D eigenvalue weighted by molar-refractivity contribution is 5.88. The number of fused-ring (bicyclic) bond motifs is 2. The topological polar surface area (TPSA) is 122 Å². The molecule has 8 heteroatoms. The van der Waals surface area contributed by atoms with Gasteiger partial charge in [0.15, 0.2) is 0 Å². The number of methoxy groups -OCH3 is 1. The standard InChI is InChI=1S/C26H26N2O6/c1-14-17-8-10-22(33-3)15(2)24(17)34-26(32)18(14)9-11-23(29)28-21(25(30)31)12-16-13-27-20-7-5-4-6-19(16)20/h4-8,10,13,21,27H,9,11-12H2,1-3H3,(H,28,29)(H,30,31)/t21-/m0/s1. The van der Waals surface area contributed by atoms with Crippen LogP contribution in [-0.4, -0.2) is 35.1 Å². The fraction of sp³-hybridized carbons (Fsp3) is 0.269. The van der Waals surface area contributed by atoms with E-state index >= 15 is 0 Å². The summed E-state index contributed by atoms with van der Waals surface area (Å²) in [4.78, 5) is 40.2. The van der Waals surface area contributed by atoms with Gasteiger partial charge in [-0.3, -0.25) is 4.79 Å². The summed E-state index contributed by atoms with van der Waals surface area (Å²) in [5, 5.41) is 13.9. The first-order chi connectivity index (χ1) is 16.3. The van der Waals surface area contributed by atoms with Gasteiger partial charge in [-0.05, 0) is 49.6 Å². The number of para-hydroxylation sites is 1. The van der Waals surface area contributed by atoms with E-state index in [1.807, 2.05) is 50.2 Å². The van der Waals surface area contributed by atoms with Crippen LogP contribution >= 0.6 is 0 Å². The molecule has 4 aromatic rings. The van der Waals surface area contributed by atoms with Crippen molar-refractivity contribution in [1.82, 2.24) is 10.3 Å². The number of carbonyl (C=O) groups is 2. The van der Waals surface area contributed by atoms with Gasteiger partial charge in [-0.15, -0.1) is 0 Å². The van der Waals surface area contributed by atoms with E-state index < -0.39 is 23.5 Å². The molecular weight excluding hydrogens is 436 g/mol. The highest BCUT2D eigenvalue weighted by Crippen LogP contribution is 2.29. The number of hydrogen-bond acceptors (Lipinski definition) is 5. The van der Waals surface area contributed by atoms with Gasteiger partial charge in [0, 0.05) is 46.5 Å². The van der Waals surface area contributed by atoms with Gasteiger partial charge in [0.25, 0.3) is 0 Å². The minimum atomic E-state index is -1.12. The maximum absolute atomic E-state index is 12.6. The van der Waals surface area contributed by atoms with E-state index in [1.54, 1.807) is 13.3 Å². The summed E-state index contributed by atoms with van der Waals surface area (Å²) < 4.78 is 10.8. The predicted octanol–water partition coefficient (Wildman–Crippen LogP) is 3.64. The Bertz CT molecular complexity index is 1450. The molecule has 2 heterocycles. The first kappa shape index (κ1) is 23.1. The number of aromatic amines is 1. The van der Waals surface area contributed by atoms with Crippen molar-refractivity contribution >= 4 is 33.7 Å². The summed E-state index contributed by atoms with van der Waals surface area (Å²) in [7, 11) is 1.55. The number of amides is 1. The van der Waals surface area contributed by atoms with Gasteiger partial charge in [-0.25, -0.2) is 9.59 Å². The number of ether oxygens (including phenoxy) is 1. The number of rotatable bonds is 8. The molecule has 0 radical (unpaired) electrons. The molecule has 0 unspecified atom stereocenters. The third-order valence-electron chi connectivity index (χ3n) is 6.21. The Morgan fingerprint density at radius 1 is 1.12 bits per heavy atom. The molecule has 3 N–H and O–H groups in total. The van der Waals surface area contributed by atoms with Crippen molar-refractivity contribution in [2.24, 2.45) is 0 Å². The van der Waals surface area contributed by atoms with Crippen LogP contribution in [0.25, 0.3) is 21.9 Å². The lowest BCUT2D eigenvalue weighted by Gasteiger charge is -2.15. The second kappa shape index (κ2) is 9.43. The molecule has 0 aliphatic carbocycles. The Morgan fingerprint density at radius 2 is 1.88 bits per heavy atom. The van der Waals surface area contributed by atoms with Gasteiger partial charge in [0.1, 0.15) is 17.4 Å². The fourth-order valence-corrected chi connectivity index (χ4v) is 4.31. The largest absolute Gasteiger partial charge is 0.496 e. The second-order valence-electron chi connectivity index (χ2n) is 8.28. The Morgan fingerprint density at radius 3 is 2.62 bits per heavy atom. The predicted molar refractivity (Wildman–Crippen MR) is 128 cm³/mol. The molecule has 0 aliphatic heterocycles. The molecule has 2 aromatic heterocycles.